The second-order valence-corrected chi connectivity index (χ2v) is 5.51. The Kier molecular flexibility index (Phi) is 3.86. The molecule has 0 unspecified atom stereocenters. The van der Waals surface area contributed by atoms with Crippen LogP contribution in [0.1, 0.15) is 18.5 Å². The van der Waals surface area contributed by atoms with Gasteiger partial charge in [0.05, 0.1) is 11.4 Å². The van der Waals surface area contributed by atoms with Gasteiger partial charge in [-0.25, -0.2) is 0 Å². The first-order chi connectivity index (χ1) is 7.36. The lowest BCUT2D eigenvalue weighted by Gasteiger charge is -2.21. The topological polar surface area (TPSA) is 42.0 Å². The minimum absolute atomic E-state index is 0.355. The summed E-state index contributed by atoms with van der Waals surface area (Å²) in [6.07, 6.45) is 3.81. The lowest BCUT2D eigenvalue weighted by molar-refractivity contribution is 0.519. The zero-order chi connectivity index (χ0) is 10.5. The van der Waals surface area contributed by atoms with Gasteiger partial charge in [-0.2, -0.15) is 0 Å². The molecule has 1 aromatic heterocycles. The minimum Gasteiger partial charge on any atom is -0.317 e. The van der Waals surface area contributed by atoms with Gasteiger partial charge in [-0.05, 0) is 38.1 Å². The van der Waals surface area contributed by atoms with Gasteiger partial charge in [0.15, 0.2) is 0 Å². The Bertz CT molecular complexity index is 323. The van der Waals surface area contributed by atoms with Crippen LogP contribution in [0.15, 0.2) is 24.4 Å². The Labute approximate surface area is 92.8 Å². The molecule has 1 atom stereocenters. The third-order valence-electron chi connectivity index (χ3n) is 2.67. The summed E-state index contributed by atoms with van der Waals surface area (Å²) in [7, 11) is -0.760. The van der Waals surface area contributed by atoms with Crippen LogP contribution in [-0.2, 0) is 16.6 Å². The summed E-state index contributed by atoms with van der Waals surface area (Å²) in [6, 6.07) is 5.78. The molecule has 1 N–H and O–H groups in total. The van der Waals surface area contributed by atoms with Crippen molar-refractivity contribution in [2.45, 2.75) is 23.8 Å². The largest absolute Gasteiger partial charge is 0.317 e. The molecule has 0 amide bonds. The molecule has 0 saturated carbocycles. The molecule has 15 heavy (non-hydrogen) atoms. The number of nitrogens with zero attached hydrogens (tertiary/aromatic N) is 1. The van der Waals surface area contributed by atoms with E-state index in [0.717, 1.165) is 31.6 Å². The molecule has 0 bridgehead atoms. The molecule has 1 aromatic rings. The molecule has 0 aliphatic carbocycles. The molecule has 2 heterocycles. The van der Waals surface area contributed by atoms with E-state index >= 15 is 0 Å². The predicted octanol–water partition coefficient (Wildman–Crippen LogP) is 1.08. The van der Waals surface area contributed by atoms with Gasteiger partial charge in [0.25, 0.3) is 0 Å². The van der Waals surface area contributed by atoms with E-state index in [1.54, 1.807) is 6.20 Å². The highest BCUT2D eigenvalue weighted by Gasteiger charge is 2.19. The lowest BCUT2D eigenvalue weighted by Crippen LogP contribution is -2.33. The lowest BCUT2D eigenvalue weighted by atomic mass is 10.2. The van der Waals surface area contributed by atoms with Crippen LogP contribution in [0, 0.1) is 0 Å². The van der Waals surface area contributed by atoms with E-state index in [9.17, 15) is 4.21 Å². The van der Waals surface area contributed by atoms with Gasteiger partial charge >= 0.3 is 0 Å². The fraction of sp³-hybridized carbons (Fsp3) is 0.545. The summed E-state index contributed by atoms with van der Waals surface area (Å²) in [4.78, 5) is 4.20. The molecular formula is C11H16N2OS. The average Bonchev–Trinajstić information content (AvgIpc) is 2.31. The predicted molar refractivity (Wildman–Crippen MR) is 62.0 cm³/mol. The number of pyridine rings is 1. The van der Waals surface area contributed by atoms with Gasteiger partial charge in [0, 0.05) is 22.2 Å². The Morgan fingerprint density at radius 1 is 1.40 bits per heavy atom. The molecule has 1 aliphatic rings. The van der Waals surface area contributed by atoms with Gasteiger partial charge in [-0.3, -0.25) is 9.19 Å². The summed E-state index contributed by atoms with van der Waals surface area (Å²) in [5.74, 6) is 0.603. The van der Waals surface area contributed by atoms with Crippen molar-refractivity contribution in [3.05, 3.63) is 30.1 Å². The van der Waals surface area contributed by atoms with Crippen LogP contribution in [0.5, 0.6) is 0 Å². The highest BCUT2D eigenvalue weighted by atomic mass is 32.2. The van der Waals surface area contributed by atoms with Crippen LogP contribution in [0.25, 0.3) is 0 Å². The van der Waals surface area contributed by atoms with Crippen molar-refractivity contribution in [3.8, 4) is 0 Å². The van der Waals surface area contributed by atoms with E-state index < -0.39 is 10.8 Å². The number of hydrogen-bond acceptors (Lipinski definition) is 3. The van der Waals surface area contributed by atoms with Crippen LogP contribution >= 0.6 is 0 Å². The molecule has 2 rings (SSSR count). The fourth-order valence-electron chi connectivity index (χ4n) is 1.81. The molecule has 1 fully saturated rings. The molecule has 0 spiro atoms. The SMILES string of the molecule is O=[S@@](Cc1ccccn1)C1CCNCC1. The van der Waals surface area contributed by atoms with Crippen molar-refractivity contribution in [1.29, 1.82) is 0 Å². The monoisotopic (exact) mass is 224 g/mol. The maximum absolute atomic E-state index is 12.0. The van der Waals surface area contributed by atoms with Gasteiger partial charge in [-0.1, -0.05) is 6.07 Å². The third-order valence-corrected chi connectivity index (χ3v) is 4.47. The first kappa shape index (κ1) is 10.8. The van der Waals surface area contributed by atoms with Crippen molar-refractivity contribution in [1.82, 2.24) is 10.3 Å². The molecular weight excluding hydrogens is 208 g/mol. The molecule has 4 heteroatoms. The van der Waals surface area contributed by atoms with Gasteiger partial charge in [0.1, 0.15) is 0 Å². The van der Waals surface area contributed by atoms with Crippen molar-refractivity contribution >= 4 is 10.8 Å². The number of rotatable bonds is 3. The summed E-state index contributed by atoms with van der Waals surface area (Å²) >= 11 is 0. The van der Waals surface area contributed by atoms with Gasteiger partial charge in [0.2, 0.25) is 0 Å². The van der Waals surface area contributed by atoms with Crippen LogP contribution in [0.3, 0.4) is 0 Å². The van der Waals surface area contributed by atoms with Crippen LogP contribution in [0.2, 0.25) is 0 Å². The summed E-state index contributed by atoms with van der Waals surface area (Å²) < 4.78 is 12.0. The zero-order valence-electron chi connectivity index (χ0n) is 8.69. The average molecular weight is 224 g/mol. The maximum atomic E-state index is 12.0. The highest BCUT2D eigenvalue weighted by Crippen LogP contribution is 2.13. The zero-order valence-corrected chi connectivity index (χ0v) is 9.50. The Balaban J connectivity index is 1.91. The van der Waals surface area contributed by atoms with E-state index in [-0.39, 0.29) is 0 Å². The van der Waals surface area contributed by atoms with Crippen LogP contribution in [-0.4, -0.2) is 27.5 Å². The molecule has 3 nitrogen and oxygen atoms in total. The summed E-state index contributed by atoms with van der Waals surface area (Å²) in [6.45, 7) is 2.00. The number of aromatic nitrogens is 1. The standard InChI is InChI=1S/C11H16N2OS/c14-15(11-4-7-12-8-5-11)9-10-3-1-2-6-13-10/h1-3,6,11-12H,4-5,7-9H2/t15-/m0/s1. The molecule has 1 aliphatic heterocycles. The normalized spacial score (nSPS) is 20.0. The summed E-state index contributed by atoms with van der Waals surface area (Å²) in [5.41, 5.74) is 0.939. The van der Waals surface area contributed by atoms with E-state index in [4.69, 9.17) is 0 Å². The van der Waals surface area contributed by atoms with E-state index in [2.05, 4.69) is 10.3 Å². The smallest absolute Gasteiger partial charge is 0.0661 e. The molecule has 82 valence electrons. The quantitative estimate of drug-likeness (QED) is 0.835. The van der Waals surface area contributed by atoms with Crippen LogP contribution < -0.4 is 5.32 Å². The van der Waals surface area contributed by atoms with Gasteiger partial charge in [-0.15, -0.1) is 0 Å². The Morgan fingerprint density at radius 2 is 2.20 bits per heavy atom. The van der Waals surface area contributed by atoms with Crippen molar-refractivity contribution in [3.63, 3.8) is 0 Å². The van der Waals surface area contributed by atoms with Crippen molar-refractivity contribution < 1.29 is 4.21 Å². The first-order valence-electron chi connectivity index (χ1n) is 5.34. The second-order valence-electron chi connectivity index (χ2n) is 3.80. The van der Waals surface area contributed by atoms with Crippen LogP contribution in [0.4, 0.5) is 0 Å². The Morgan fingerprint density at radius 3 is 2.87 bits per heavy atom. The van der Waals surface area contributed by atoms with E-state index in [0.29, 0.717) is 11.0 Å². The maximum Gasteiger partial charge on any atom is 0.0661 e. The van der Waals surface area contributed by atoms with E-state index in [1.165, 1.54) is 0 Å². The minimum atomic E-state index is -0.760. The number of piperidine rings is 1. The molecule has 0 radical (unpaired) electrons. The van der Waals surface area contributed by atoms with E-state index in [1.807, 2.05) is 18.2 Å². The Hall–Kier alpha value is -0.740. The van der Waals surface area contributed by atoms with Crippen molar-refractivity contribution in [2.75, 3.05) is 13.1 Å². The molecule has 1 saturated heterocycles. The third kappa shape index (κ3) is 3.11. The highest BCUT2D eigenvalue weighted by molar-refractivity contribution is 7.84. The van der Waals surface area contributed by atoms with Gasteiger partial charge < -0.3 is 5.32 Å². The van der Waals surface area contributed by atoms with Crippen molar-refractivity contribution in [2.24, 2.45) is 0 Å². The number of hydrogen-bond donors (Lipinski definition) is 1. The summed E-state index contributed by atoms with van der Waals surface area (Å²) in [5, 5.41) is 3.64. The second kappa shape index (κ2) is 5.37. The number of nitrogens with one attached hydrogen (secondary N) is 1. The molecule has 0 aromatic carbocycles. The first-order valence-corrected chi connectivity index (χ1v) is 6.72. The fourth-order valence-corrected chi connectivity index (χ4v) is 3.26.